The predicted molar refractivity (Wildman–Crippen MR) is 72.9 cm³/mol. The Kier molecular flexibility index (Phi) is 4.00. The molecule has 1 N–H and O–H groups in total. The molecule has 0 bridgehead atoms. The Bertz CT molecular complexity index is 486. The van der Waals surface area contributed by atoms with E-state index in [9.17, 15) is 5.11 Å². The maximum absolute atomic E-state index is 10.3. The van der Waals surface area contributed by atoms with Gasteiger partial charge in [0.15, 0.2) is 0 Å². The second kappa shape index (κ2) is 5.69. The monoisotopic (exact) mass is 242 g/mol. The van der Waals surface area contributed by atoms with Crippen LogP contribution in [-0.4, -0.2) is 11.7 Å². The molecular weight excluding hydrogens is 224 g/mol. The molecule has 2 aromatic carbocycles. The summed E-state index contributed by atoms with van der Waals surface area (Å²) in [6.07, 6.45) is -0.582. The fourth-order valence-corrected chi connectivity index (χ4v) is 1.85. The van der Waals surface area contributed by atoms with Crippen LogP contribution in [0.25, 0.3) is 0 Å². The summed E-state index contributed by atoms with van der Waals surface area (Å²) in [7, 11) is 0. The van der Waals surface area contributed by atoms with Crippen molar-refractivity contribution >= 4 is 0 Å². The average Bonchev–Trinajstić information content (AvgIpc) is 2.40. The Morgan fingerprint density at radius 3 is 1.94 bits per heavy atom. The molecule has 18 heavy (non-hydrogen) atoms. The summed E-state index contributed by atoms with van der Waals surface area (Å²) >= 11 is 0. The summed E-state index contributed by atoms with van der Waals surface area (Å²) in [5.41, 5.74) is 2.98. The Labute approximate surface area is 108 Å². The molecular formula is C16H18O2. The van der Waals surface area contributed by atoms with Crippen LogP contribution in [-0.2, 0) is 0 Å². The maximum atomic E-state index is 10.3. The first-order valence-corrected chi connectivity index (χ1v) is 6.18. The third-order valence-corrected chi connectivity index (χ3v) is 2.90. The van der Waals surface area contributed by atoms with Crippen LogP contribution < -0.4 is 4.74 Å². The molecule has 0 aliphatic carbocycles. The molecule has 0 saturated carbocycles. The fraction of sp³-hybridized carbons (Fsp3) is 0.250. The van der Waals surface area contributed by atoms with Crippen molar-refractivity contribution in [3.05, 3.63) is 65.2 Å². The minimum absolute atomic E-state index is 0.582. The Balaban J connectivity index is 2.17. The number of ether oxygens (including phenoxy) is 1. The molecule has 0 radical (unpaired) electrons. The lowest BCUT2D eigenvalue weighted by molar-refractivity contribution is 0.220. The number of hydrogen-bond donors (Lipinski definition) is 1. The summed E-state index contributed by atoms with van der Waals surface area (Å²) < 4.78 is 5.38. The fourth-order valence-electron chi connectivity index (χ4n) is 1.85. The van der Waals surface area contributed by atoms with E-state index >= 15 is 0 Å². The van der Waals surface area contributed by atoms with Crippen molar-refractivity contribution in [2.45, 2.75) is 20.0 Å². The predicted octanol–water partition coefficient (Wildman–Crippen LogP) is 3.48. The van der Waals surface area contributed by atoms with E-state index in [-0.39, 0.29) is 0 Å². The minimum atomic E-state index is -0.582. The van der Waals surface area contributed by atoms with Crippen molar-refractivity contribution < 1.29 is 9.84 Å². The van der Waals surface area contributed by atoms with E-state index in [1.54, 1.807) is 0 Å². The normalized spacial score (nSPS) is 12.2. The lowest BCUT2D eigenvalue weighted by Gasteiger charge is -2.12. The van der Waals surface area contributed by atoms with Crippen LogP contribution in [0.2, 0.25) is 0 Å². The van der Waals surface area contributed by atoms with Gasteiger partial charge in [-0.1, -0.05) is 42.0 Å². The molecule has 1 atom stereocenters. The lowest BCUT2D eigenvalue weighted by atomic mass is 10.0. The van der Waals surface area contributed by atoms with Gasteiger partial charge in [0, 0.05) is 0 Å². The smallest absolute Gasteiger partial charge is 0.119 e. The van der Waals surface area contributed by atoms with Crippen LogP contribution >= 0.6 is 0 Å². The molecule has 0 spiro atoms. The number of rotatable bonds is 4. The molecule has 2 nitrogen and oxygen atoms in total. The van der Waals surface area contributed by atoms with Crippen molar-refractivity contribution in [1.82, 2.24) is 0 Å². The van der Waals surface area contributed by atoms with Crippen LogP contribution in [0.15, 0.2) is 48.5 Å². The molecule has 2 rings (SSSR count). The summed E-state index contributed by atoms with van der Waals surface area (Å²) in [6.45, 7) is 4.64. The third kappa shape index (κ3) is 2.90. The highest BCUT2D eigenvalue weighted by molar-refractivity contribution is 5.34. The first-order valence-electron chi connectivity index (χ1n) is 6.18. The van der Waals surface area contributed by atoms with Gasteiger partial charge in [-0.2, -0.15) is 0 Å². The molecule has 0 aliphatic heterocycles. The topological polar surface area (TPSA) is 29.5 Å². The highest BCUT2D eigenvalue weighted by Gasteiger charge is 2.09. The van der Waals surface area contributed by atoms with Crippen molar-refractivity contribution in [3.8, 4) is 5.75 Å². The summed E-state index contributed by atoms with van der Waals surface area (Å²) in [5, 5.41) is 10.3. The first kappa shape index (κ1) is 12.7. The molecule has 1 unspecified atom stereocenters. The number of aliphatic hydroxyl groups is 1. The third-order valence-electron chi connectivity index (χ3n) is 2.90. The van der Waals surface area contributed by atoms with Gasteiger partial charge in [-0.25, -0.2) is 0 Å². The molecule has 2 aromatic rings. The molecule has 0 fully saturated rings. The average molecular weight is 242 g/mol. The van der Waals surface area contributed by atoms with Crippen LogP contribution in [0.1, 0.15) is 29.7 Å². The molecule has 0 aliphatic rings. The van der Waals surface area contributed by atoms with Gasteiger partial charge in [-0.05, 0) is 37.1 Å². The van der Waals surface area contributed by atoms with E-state index in [4.69, 9.17) is 4.74 Å². The van der Waals surface area contributed by atoms with E-state index in [1.165, 1.54) is 5.56 Å². The van der Waals surface area contributed by atoms with E-state index in [1.807, 2.05) is 62.4 Å². The molecule has 0 saturated heterocycles. The van der Waals surface area contributed by atoms with Gasteiger partial charge in [-0.15, -0.1) is 0 Å². The van der Waals surface area contributed by atoms with Crippen molar-refractivity contribution in [2.24, 2.45) is 0 Å². The van der Waals surface area contributed by atoms with Gasteiger partial charge in [-0.3, -0.25) is 0 Å². The van der Waals surface area contributed by atoms with E-state index in [0.29, 0.717) is 6.61 Å². The zero-order valence-electron chi connectivity index (χ0n) is 10.8. The van der Waals surface area contributed by atoms with Gasteiger partial charge in [0.05, 0.1) is 6.61 Å². The van der Waals surface area contributed by atoms with E-state index in [0.717, 1.165) is 16.9 Å². The summed E-state index contributed by atoms with van der Waals surface area (Å²) in [4.78, 5) is 0. The highest BCUT2D eigenvalue weighted by Crippen LogP contribution is 2.24. The van der Waals surface area contributed by atoms with Gasteiger partial charge in [0.1, 0.15) is 11.9 Å². The second-order valence-electron chi connectivity index (χ2n) is 4.32. The Hall–Kier alpha value is -1.80. The molecule has 2 heteroatoms. The quantitative estimate of drug-likeness (QED) is 0.889. The Morgan fingerprint density at radius 2 is 1.44 bits per heavy atom. The highest BCUT2D eigenvalue weighted by atomic mass is 16.5. The summed E-state index contributed by atoms with van der Waals surface area (Å²) in [5.74, 6) is 0.831. The van der Waals surface area contributed by atoms with Crippen LogP contribution in [0.4, 0.5) is 0 Å². The van der Waals surface area contributed by atoms with Crippen LogP contribution in [0.3, 0.4) is 0 Å². The standard InChI is InChI=1S/C16H18O2/c1-3-18-15-10-8-14(9-11-15)16(17)13-6-4-12(2)5-7-13/h4-11,16-17H,3H2,1-2H3. The number of benzene rings is 2. The molecule has 0 heterocycles. The SMILES string of the molecule is CCOc1ccc(C(O)c2ccc(C)cc2)cc1. The number of aliphatic hydroxyl groups excluding tert-OH is 1. The molecule has 0 aromatic heterocycles. The molecule has 0 amide bonds. The van der Waals surface area contributed by atoms with Gasteiger partial charge in [0.25, 0.3) is 0 Å². The number of hydrogen-bond acceptors (Lipinski definition) is 2. The van der Waals surface area contributed by atoms with E-state index < -0.39 is 6.10 Å². The Morgan fingerprint density at radius 1 is 0.944 bits per heavy atom. The van der Waals surface area contributed by atoms with Gasteiger partial charge in [0.2, 0.25) is 0 Å². The first-order chi connectivity index (χ1) is 8.70. The maximum Gasteiger partial charge on any atom is 0.119 e. The van der Waals surface area contributed by atoms with Crippen LogP contribution in [0, 0.1) is 6.92 Å². The number of aryl methyl sites for hydroxylation is 1. The largest absolute Gasteiger partial charge is 0.494 e. The van der Waals surface area contributed by atoms with Gasteiger partial charge < -0.3 is 9.84 Å². The van der Waals surface area contributed by atoms with E-state index in [2.05, 4.69) is 0 Å². The molecule has 94 valence electrons. The zero-order chi connectivity index (χ0) is 13.0. The minimum Gasteiger partial charge on any atom is -0.494 e. The van der Waals surface area contributed by atoms with Crippen molar-refractivity contribution in [2.75, 3.05) is 6.61 Å². The van der Waals surface area contributed by atoms with Crippen molar-refractivity contribution in [1.29, 1.82) is 0 Å². The van der Waals surface area contributed by atoms with Gasteiger partial charge >= 0.3 is 0 Å². The van der Waals surface area contributed by atoms with Crippen LogP contribution in [0.5, 0.6) is 5.75 Å². The van der Waals surface area contributed by atoms with Crippen molar-refractivity contribution in [3.63, 3.8) is 0 Å². The summed E-state index contributed by atoms with van der Waals surface area (Å²) in [6, 6.07) is 15.5. The lowest BCUT2D eigenvalue weighted by Crippen LogP contribution is -2.00. The second-order valence-corrected chi connectivity index (χ2v) is 4.32. The zero-order valence-corrected chi connectivity index (χ0v) is 10.8.